The Bertz CT molecular complexity index is 224. The van der Waals surface area contributed by atoms with Crippen LogP contribution in [0.3, 0.4) is 0 Å². The van der Waals surface area contributed by atoms with E-state index in [4.69, 9.17) is 0 Å². The van der Waals surface area contributed by atoms with Gasteiger partial charge in [-0.25, -0.2) is 0 Å². The number of carbonyl (C=O) groups is 1. The first-order valence-electron chi connectivity index (χ1n) is 6.03. The van der Waals surface area contributed by atoms with Crippen molar-refractivity contribution in [3.8, 4) is 0 Å². The Morgan fingerprint density at radius 3 is 2.62 bits per heavy atom. The lowest BCUT2D eigenvalue weighted by Gasteiger charge is -2.28. The summed E-state index contributed by atoms with van der Waals surface area (Å²) in [7, 11) is 1.40. The predicted octanol–water partition coefficient (Wildman–Crippen LogP) is 1.08. The second kappa shape index (κ2) is 6.21. The molecule has 1 aliphatic rings. The molecule has 0 aromatic heterocycles. The normalized spacial score (nSPS) is 20.7. The fourth-order valence-corrected chi connectivity index (χ4v) is 2.31. The number of aliphatic hydroxyl groups is 1. The van der Waals surface area contributed by atoms with Crippen LogP contribution in [0.15, 0.2) is 0 Å². The minimum atomic E-state index is -0.190. The molecule has 1 aliphatic carbocycles. The van der Waals surface area contributed by atoms with E-state index in [-0.39, 0.29) is 24.0 Å². The van der Waals surface area contributed by atoms with Gasteiger partial charge in [0.2, 0.25) is 0 Å². The summed E-state index contributed by atoms with van der Waals surface area (Å²) in [4.78, 5) is 11.1. The Balaban J connectivity index is 2.29. The molecule has 0 amide bonds. The molecule has 16 heavy (non-hydrogen) atoms. The monoisotopic (exact) mass is 229 g/mol. The Labute approximate surface area is 97.4 Å². The van der Waals surface area contributed by atoms with E-state index in [1.54, 1.807) is 0 Å². The molecular formula is C12H23NO3. The van der Waals surface area contributed by atoms with E-state index in [0.717, 1.165) is 19.4 Å². The minimum Gasteiger partial charge on any atom is -0.469 e. The fourth-order valence-electron chi connectivity index (χ4n) is 2.31. The lowest BCUT2D eigenvalue weighted by molar-refractivity contribution is -0.141. The number of rotatable bonds is 6. The highest BCUT2D eigenvalue weighted by Gasteiger charge is 2.33. The SMILES string of the molecule is COC(=O)CC(C)NCC1(CO)CCCC1. The summed E-state index contributed by atoms with van der Waals surface area (Å²) in [5, 5.41) is 12.7. The van der Waals surface area contributed by atoms with Crippen molar-refractivity contribution in [3.05, 3.63) is 0 Å². The van der Waals surface area contributed by atoms with Gasteiger partial charge in [0.05, 0.1) is 13.5 Å². The van der Waals surface area contributed by atoms with Crippen LogP contribution < -0.4 is 5.32 Å². The van der Waals surface area contributed by atoms with E-state index < -0.39 is 0 Å². The van der Waals surface area contributed by atoms with Gasteiger partial charge in [-0.2, -0.15) is 0 Å². The molecule has 94 valence electrons. The lowest BCUT2D eigenvalue weighted by atomic mass is 9.87. The van der Waals surface area contributed by atoms with Gasteiger partial charge in [0.15, 0.2) is 0 Å². The maximum atomic E-state index is 11.1. The quantitative estimate of drug-likeness (QED) is 0.669. The first kappa shape index (κ1) is 13.5. The summed E-state index contributed by atoms with van der Waals surface area (Å²) in [5.41, 5.74) is 0.0460. The van der Waals surface area contributed by atoms with Crippen LogP contribution in [-0.4, -0.2) is 37.4 Å². The standard InChI is InChI=1S/C12H23NO3/c1-10(7-11(15)16-2)13-8-12(9-14)5-3-4-6-12/h10,13-14H,3-9H2,1-2H3. The second-order valence-electron chi connectivity index (χ2n) is 4.93. The molecule has 4 nitrogen and oxygen atoms in total. The highest BCUT2D eigenvalue weighted by molar-refractivity contribution is 5.69. The number of esters is 1. The summed E-state index contributed by atoms with van der Waals surface area (Å²) < 4.78 is 4.62. The van der Waals surface area contributed by atoms with Crippen molar-refractivity contribution < 1.29 is 14.6 Å². The van der Waals surface area contributed by atoms with E-state index in [1.165, 1.54) is 20.0 Å². The molecule has 0 saturated heterocycles. The maximum Gasteiger partial charge on any atom is 0.307 e. The number of hydrogen-bond donors (Lipinski definition) is 2. The topological polar surface area (TPSA) is 58.6 Å². The average Bonchev–Trinajstić information content (AvgIpc) is 2.75. The van der Waals surface area contributed by atoms with Crippen molar-refractivity contribution in [2.24, 2.45) is 5.41 Å². The zero-order valence-electron chi connectivity index (χ0n) is 10.3. The Morgan fingerprint density at radius 1 is 1.50 bits per heavy atom. The smallest absolute Gasteiger partial charge is 0.307 e. The van der Waals surface area contributed by atoms with Gasteiger partial charge in [-0.1, -0.05) is 12.8 Å². The molecule has 0 aromatic rings. The van der Waals surface area contributed by atoms with Crippen LogP contribution in [0.4, 0.5) is 0 Å². The van der Waals surface area contributed by atoms with Crippen molar-refractivity contribution in [1.29, 1.82) is 0 Å². The van der Waals surface area contributed by atoms with Gasteiger partial charge in [-0.15, -0.1) is 0 Å². The third-order valence-electron chi connectivity index (χ3n) is 3.53. The second-order valence-corrected chi connectivity index (χ2v) is 4.93. The molecule has 0 aliphatic heterocycles. The van der Waals surface area contributed by atoms with Crippen LogP contribution >= 0.6 is 0 Å². The lowest BCUT2D eigenvalue weighted by Crippen LogP contribution is -2.40. The highest BCUT2D eigenvalue weighted by Crippen LogP contribution is 2.36. The Morgan fingerprint density at radius 2 is 2.12 bits per heavy atom. The highest BCUT2D eigenvalue weighted by atomic mass is 16.5. The first-order valence-corrected chi connectivity index (χ1v) is 6.03. The Kier molecular flexibility index (Phi) is 5.22. The van der Waals surface area contributed by atoms with Crippen molar-refractivity contribution in [1.82, 2.24) is 5.32 Å². The van der Waals surface area contributed by atoms with Gasteiger partial charge in [0, 0.05) is 24.6 Å². The molecule has 0 spiro atoms. The average molecular weight is 229 g/mol. The van der Waals surface area contributed by atoms with Crippen LogP contribution in [0, 0.1) is 5.41 Å². The summed E-state index contributed by atoms with van der Waals surface area (Å²) in [6, 6.07) is 0.108. The van der Waals surface area contributed by atoms with Gasteiger partial charge in [0.25, 0.3) is 0 Å². The molecular weight excluding hydrogens is 206 g/mol. The van der Waals surface area contributed by atoms with Crippen molar-refractivity contribution in [2.45, 2.75) is 45.1 Å². The molecule has 0 heterocycles. The van der Waals surface area contributed by atoms with E-state index in [9.17, 15) is 9.90 Å². The molecule has 1 saturated carbocycles. The summed E-state index contributed by atoms with van der Waals surface area (Å²) >= 11 is 0. The fraction of sp³-hybridized carbons (Fsp3) is 0.917. The van der Waals surface area contributed by atoms with Gasteiger partial charge in [0.1, 0.15) is 0 Å². The Hall–Kier alpha value is -0.610. The molecule has 1 atom stereocenters. The number of nitrogens with one attached hydrogen (secondary N) is 1. The number of methoxy groups -OCH3 is 1. The molecule has 1 rings (SSSR count). The predicted molar refractivity (Wildman–Crippen MR) is 62.1 cm³/mol. The number of carbonyl (C=O) groups excluding carboxylic acids is 1. The van der Waals surface area contributed by atoms with Crippen LogP contribution in [-0.2, 0) is 9.53 Å². The summed E-state index contributed by atoms with van der Waals surface area (Å²) in [6.45, 7) is 3.00. The molecule has 0 bridgehead atoms. The van der Waals surface area contributed by atoms with Crippen LogP contribution in [0.25, 0.3) is 0 Å². The van der Waals surface area contributed by atoms with Crippen molar-refractivity contribution >= 4 is 5.97 Å². The van der Waals surface area contributed by atoms with Gasteiger partial charge < -0.3 is 15.2 Å². The summed E-state index contributed by atoms with van der Waals surface area (Å²) in [5.74, 6) is -0.190. The third-order valence-corrected chi connectivity index (χ3v) is 3.53. The number of aliphatic hydroxyl groups excluding tert-OH is 1. The zero-order valence-corrected chi connectivity index (χ0v) is 10.3. The molecule has 2 N–H and O–H groups in total. The molecule has 0 radical (unpaired) electrons. The molecule has 0 aromatic carbocycles. The van der Waals surface area contributed by atoms with Gasteiger partial charge in [-0.3, -0.25) is 4.79 Å². The van der Waals surface area contributed by atoms with Crippen LogP contribution in [0.5, 0.6) is 0 Å². The van der Waals surface area contributed by atoms with Crippen molar-refractivity contribution in [2.75, 3.05) is 20.3 Å². The van der Waals surface area contributed by atoms with Gasteiger partial charge >= 0.3 is 5.97 Å². The van der Waals surface area contributed by atoms with E-state index >= 15 is 0 Å². The molecule has 1 unspecified atom stereocenters. The zero-order chi connectivity index (χ0) is 12.0. The van der Waals surface area contributed by atoms with Crippen LogP contribution in [0.1, 0.15) is 39.0 Å². The number of ether oxygens (including phenoxy) is 1. The van der Waals surface area contributed by atoms with Gasteiger partial charge in [-0.05, 0) is 19.8 Å². The minimum absolute atomic E-state index is 0.0460. The van der Waals surface area contributed by atoms with E-state index in [1.807, 2.05) is 6.92 Å². The van der Waals surface area contributed by atoms with Crippen molar-refractivity contribution in [3.63, 3.8) is 0 Å². The van der Waals surface area contributed by atoms with E-state index in [0.29, 0.717) is 6.42 Å². The summed E-state index contributed by atoms with van der Waals surface area (Å²) in [6.07, 6.45) is 4.96. The van der Waals surface area contributed by atoms with Crippen LogP contribution in [0.2, 0.25) is 0 Å². The number of hydrogen-bond acceptors (Lipinski definition) is 4. The third kappa shape index (κ3) is 3.76. The first-order chi connectivity index (χ1) is 7.62. The maximum absolute atomic E-state index is 11.1. The largest absolute Gasteiger partial charge is 0.469 e. The van der Waals surface area contributed by atoms with E-state index in [2.05, 4.69) is 10.1 Å². The molecule has 1 fully saturated rings. The molecule has 4 heteroatoms.